The van der Waals surface area contributed by atoms with E-state index in [1.165, 1.54) is 19.4 Å². The van der Waals surface area contributed by atoms with Crippen molar-refractivity contribution in [2.45, 2.75) is 65.6 Å². The molecule has 10 heteroatoms. The highest BCUT2D eigenvalue weighted by molar-refractivity contribution is 14.0. The number of likely N-dealkylation sites (tertiary alicyclic amines) is 2. The smallest absolute Gasteiger partial charge is 0.225 e. The molecule has 1 aromatic rings. The van der Waals surface area contributed by atoms with Crippen molar-refractivity contribution < 1.29 is 4.79 Å². The second-order valence-electron chi connectivity index (χ2n) is 8.76. The van der Waals surface area contributed by atoms with E-state index in [-0.39, 0.29) is 41.8 Å². The van der Waals surface area contributed by atoms with Crippen molar-refractivity contribution in [3.8, 4) is 0 Å². The Hall–Kier alpha value is -1.43. The first-order valence-electron chi connectivity index (χ1n) is 11.3. The van der Waals surface area contributed by atoms with E-state index >= 15 is 0 Å². The number of aliphatic imine (C=N–C) groups is 1. The van der Waals surface area contributed by atoms with Crippen LogP contribution in [-0.2, 0) is 18.4 Å². The molecule has 0 aliphatic carbocycles. The van der Waals surface area contributed by atoms with E-state index in [4.69, 9.17) is 4.99 Å². The summed E-state index contributed by atoms with van der Waals surface area (Å²) in [6, 6.07) is 0.757. The van der Waals surface area contributed by atoms with Crippen molar-refractivity contribution >= 4 is 35.8 Å². The predicted octanol–water partition coefficient (Wildman–Crippen LogP) is 1.52. The molecule has 2 N–H and O–H groups in total. The average Bonchev–Trinajstić information content (AvgIpc) is 3.45. The molecule has 176 valence electrons. The number of guanidine groups is 1. The fraction of sp³-hybridized carbons (Fsp3) is 0.810. The number of likely N-dealkylation sites (N-methyl/N-ethyl adjacent to an activating group) is 1. The minimum atomic E-state index is 0. The van der Waals surface area contributed by atoms with Crippen molar-refractivity contribution in [3.05, 3.63) is 11.6 Å². The second kappa shape index (κ2) is 12.0. The van der Waals surface area contributed by atoms with Gasteiger partial charge in [0.05, 0.1) is 0 Å². The molecular weight excluding hydrogens is 507 g/mol. The monoisotopic (exact) mass is 546 g/mol. The van der Waals surface area contributed by atoms with Crippen LogP contribution in [-0.4, -0.2) is 81.2 Å². The van der Waals surface area contributed by atoms with E-state index < -0.39 is 0 Å². The first-order valence-corrected chi connectivity index (χ1v) is 11.3. The molecule has 2 fully saturated rings. The molecule has 31 heavy (non-hydrogen) atoms. The van der Waals surface area contributed by atoms with Crippen LogP contribution in [0.2, 0.25) is 0 Å². The highest BCUT2D eigenvalue weighted by Gasteiger charge is 2.28. The molecule has 0 saturated carbocycles. The summed E-state index contributed by atoms with van der Waals surface area (Å²) in [5.74, 6) is 2.78. The Bertz CT molecular complexity index is 750. The zero-order valence-corrected chi connectivity index (χ0v) is 21.9. The fourth-order valence-electron chi connectivity index (χ4n) is 4.28. The summed E-state index contributed by atoms with van der Waals surface area (Å²) in [4.78, 5) is 21.6. The van der Waals surface area contributed by atoms with Crippen molar-refractivity contribution in [2.75, 3.05) is 32.7 Å². The second-order valence-corrected chi connectivity index (χ2v) is 8.76. The summed E-state index contributed by atoms with van der Waals surface area (Å²) in [6.45, 7) is 13.2. The van der Waals surface area contributed by atoms with Gasteiger partial charge in [-0.3, -0.25) is 9.69 Å². The molecule has 2 atom stereocenters. The molecule has 3 rings (SSSR count). The fourth-order valence-corrected chi connectivity index (χ4v) is 4.28. The topological polar surface area (TPSA) is 90.7 Å². The van der Waals surface area contributed by atoms with E-state index in [9.17, 15) is 4.79 Å². The van der Waals surface area contributed by atoms with Crippen LogP contribution in [0.3, 0.4) is 0 Å². The zero-order chi connectivity index (χ0) is 21.7. The van der Waals surface area contributed by atoms with Gasteiger partial charge in [-0.25, -0.2) is 4.99 Å². The van der Waals surface area contributed by atoms with E-state index in [0.717, 1.165) is 50.2 Å². The van der Waals surface area contributed by atoms with E-state index in [1.807, 2.05) is 37.3 Å². The molecular formula is C21H39IN8O. The molecule has 2 aliphatic rings. The number of hydrogen-bond donors (Lipinski definition) is 2. The quantitative estimate of drug-likeness (QED) is 0.306. The van der Waals surface area contributed by atoms with Gasteiger partial charge in [0, 0.05) is 44.7 Å². The molecule has 2 aliphatic heterocycles. The summed E-state index contributed by atoms with van der Waals surface area (Å²) >= 11 is 0. The highest BCUT2D eigenvalue weighted by atomic mass is 127. The number of rotatable bonds is 7. The lowest BCUT2D eigenvalue weighted by atomic mass is 10.2. The third kappa shape index (κ3) is 6.77. The molecule has 0 aromatic carbocycles. The van der Waals surface area contributed by atoms with E-state index in [1.54, 1.807) is 0 Å². The van der Waals surface area contributed by atoms with Crippen LogP contribution in [0.25, 0.3) is 0 Å². The van der Waals surface area contributed by atoms with Gasteiger partial charge in [0.15, 0.2) is 11.8 Å². The maximum Gasteiger partial charge on any atom is 0.225 e. The van der Waals surface area contributed by atoms with Crippen LogP contribution in [0.5, 0.6) is 0 Å². The summed E-state index contributed by atoms with van der Waals surface area (Å²) < 4.78 is 1.97. The Morgan fingerprint density at radius 3 is 2.68 bits per heavy atom. The van der Waals surface area contributed by atoms with Crippen LogP contribution < -0.4 is 10.6 Å². The van der Waals surface area contributed by atoms with Gasteiger partial charge in [0.2, 0.25) is 5.91 Å². The van der Waals surface area contributed by atoms with Gasteiger partial charge < -0.3 is 20.1 Å². The number of amides is 1. The molecule has 2 unspecified atom stereocenters. The van der Waals surface area contributed by atoms with Crippen LogP contribution in [0.1, 0.15) is 51.7 Å². The number of carbonyl (C=O) groups is 1. The molecule has 9 nitrogen and oxygen atoms in total. The first-order chi connectivity index (χ1) is 14.4. The molecule has 0 radical (unpaired) electrons. The molecule has 2 saturated heterocycles. The maximum atomic E-state index is 12.3. The van der Waals surface area contributed by atoms with Crippen molar-refractivity contribution in [1.29, 1.82) is 0 Å². The number of carbonyl (C=O) groups excluding carboxylic acids is 1. The van der Waals surface area contributed by atoms with Gasteiger partial charge in [-0.2, -0.15) is 0 Å². The van der Waals surface area contributed by atoms with Crippen LogP contribution in [0, 0.1) is 12.8 Å². The van der Waals surface area contributed by atoms with Gasteiger partial charge in [0.1, 0.15) is 12.4 Å². The van der Waals surface area contributed by atoms with Gasteiger partial charge in [-0.1, -0.05) is 20.8 Å². The number of hydrogen-bond acceptors (Lipinski definition) is 5. The standard InChI is InChI=1S/C21H38N8O.HI/c1-6-28-10-7-8-18(28)12-22-21(23-13-19-26-25-16(4)27(19)5)24-17-9-11-29(14-17)20(30)15(2)3;/h15,17-18H,6-14H2,1-5H3,(H2,22,23,24);1H. The Kier molecular flexibility index (Phi) is 9.98. The Labute approximate surface area is 203 Å². The molecule has 1 amide bonds. The van der Waals surface area contributed by atoms with Gasteiger partial charge in [-0.05, 0) is 39.3 Å². The number of nitrogens with one attached hydrogen (secondary N) is 2. The van der Waals surface area contributed by atoms with Gasteiger partial charge >= 0.3 is 0 Å². The predicted molar refractivity (Wildman–Crippen MR) is 134 cm³/mol. The lowest BCUT2D eigenvalue weighted by Gasteiger charge is -2.25. The van der Waals surface area contributed by atoms with Gasteiger partial charge in [0.25, 0.3) is 0 Å². The molecule has 1 aromatic heterocycles. The number of halogens is 1. The van der Waals surface area contributed by atoms with Crippen molar-refractivity contribution in [1.82, 2.24) is 35.2 Å². The Balaban J connectivity index is 0.00000341. The number of nitrogens with zero attached hydrogens (tertiary/aromatic N) is 6. The third-order valence-electron chi connectivity index (χ3n) is 6.31. The largest absolute Gasteiger partial charge is 0.355 e. The third-order valence-corrected chi connectivity index (χ3v) is 6.31. The van der Waals surface area contributed by atoms with Crippen LogP contribution in [0.4, 0.5) is 0 Å². The molecule has 0 bridgehead atoms. The minimum absolute atomic E-state index is 0. The van der Waals surface area contributed by atoms with Gasteiger partial charge in [-0.15, -0.1) is 34.2 Å². The van der Waals surface area contributed by atoms with Crippen molar-refractivity contribution in [2.24, 2.45) is 18.0 Å². The maximum absolute atomic E-state index is 12.3. The SMILES string of the molecule is CCN1CCCC1CNC(=NCc1nnc(C)n1C)NC1CCN(C(=O)C(C)C)C1.I. The first kappa shape index (κ1) is 25.8. The molecule has 0 spiro atoms. The average molecular weight is 547 g/mol. The van der Waals surface area contributed by atoms with E-state index in [0.29, 0.717) is 12.6 Å². The lowest BCUT2D eigenvalue weighted by molar-refractivity contribution is -0.133. The summed E-state index contributed by atoms with van der Waals surface area (Å²) in [5, 5.41) is 15.5. The van der Waals surface area contributed by atoms with E-state index in [2.05, 4.69) is 32.7 Å². The highest BCUT2D eigenvalue weighted by Crippen LogP contribution is 2.16. The summed E-state index contributed by atoms with van der Waals surface area (Å²) in [7, 11) is 1.96. The molecule has 3 heterocycles. The number of aryl methyl sites for hydroxylation is 1. The van der Waals surface area contributed by atoms with Crippen LogP contribution >= 0.6 is 24.0 Å². The lowest BCUT2D eigenvalue weighted by Crippen LogP contribution is -2.49. The summed E-state index contributed by atoms with van der Waals surface area (Å²) in [6.07, 6.45) is 3.41. The van der Waals surface area contributed by atoms with Crippen LogP contribution in [0.15, 0.2) is 4.99 Å². The minimum Gasteiger partial charge on any atom is -0.355 e. The Morgan fingerprint density at radius 1 is 1.26 bits per heavy atom. The summed E-state index contributed by atoms with van der Waals surface area (Å²) in [5.41, 5.74) is 0. The normalized spacial score (nSPS) is 22.1. The number of aromatic nitrogens is 3. The zero-order valence-electron chi connectivity index (χ0n) is 19.6. The Morgan fingerprint density at radius 2 is 2.03 bits per heavy atom. The van der Waals surface area contributed by atoms with Crippen molar-refractivity contribution in [3.63, 3.8) is 0 Å².